The molecule has 152 valence electrons. The first-order chi connectivity index (χ1) is 14.2. The SMILES string of the molecule is O=C(O)CC(Cc1nc(CCCc2ccc3c(n2)NCCC3)no1)c1ccco1. The van der Waals surface area contributed by atoms with Gasteiger partial charge in [0.25, 0.3) is 0 Å². The van der Waals surface area contributed by atoms with E-state index in [2.05, 4.69) is 27.6 Å². The molecule has 0 fully saturated rings. The smallest absolute Gasteiger partial charge is 0.304 e. The van der Waals surface area contributed by atoms with E-state index in [9.17, 15) is 4.79 Å². The zero-order chi connectivity index (χ0) is 20.1. The van der Waals surface area contributed by atoms with Gasteiger partial charge in [-0.15, -0.1) is 0 Å². The van der Waals surface area contributed by atoms with Crippen LogP contribution in [-0.2, 0) is 30.5 Å². The van der Waals surface area contributed by atoms with Crippen molar-refractivity contribution in [3.8, 4) is 0 Å². The summed E-state index contributed by atoms with van der Waals surface area (Å²) < 4.78 is 10.7. The maximum atomic E-state index is 11.1. The number of aromatic nitrogens is 3. The van der Waals surface area contributed by atoms with Gasteiger partial charge in [-0.25, -0.2) is 4.98 Å². The fourth-order valence-corrected chi connectivity index (χ4v) is 3.63. The Labute approximate surface area is 168 Å². The number of nitrogens with one attached hydrogen (secondary N) is 1. The number of anilines is 1. The lowest BCUT2D eigenvalue weighted by Crippen LogP contribution is -2.14. The van der Waals surface area contributed by atoms with Crippen molar-refractivity contribution in [2.45, 2.75) is 50.9 Å². The van der Waals surface area contributed by atoms with Gasteiger partial charge in [0.2, 0.25) is 5.89 Å². The minimum atomic E-state index is -0.891. The molecule has 1 atom stereocenters. The number of hydrogen-bond acceptors (Lipinski definition) is 7. The fourth-order valence-electron chi connectivity index (χ4n) is 3.63. The standard InChI is InChI=1S/C21H24N4O4/c26-20(27)13-15(17-6-3-11-28-17)12-19-24-18(25-29-19)7-1-5-16-9-8-14-4-2-10-22-21(14)23-16/h3,6,8-9,11,15H,1-2,4-5,7,10,12-13H2,(H,22,23)(H,26,27). The molecule has 0 radical (unpaired) electrons. The van der Waals surface area contributed by atoms with Crippen molar-refractivity contribution >= 4 is 11.8 Å². The molecule has 1 aliphatic rings. The highest BCUT2D eigenvalue weighted by atomic mass is 16.5. The summed E-state index contributed by atoms with van der Waals surface area (Å²) >= 11 is 0. The lowest BCUT2D eigenvalue weighted by atomic mass is 9.98. The Morgan fingerprint density at radius 3 is 3.00 bits per heavy atom. The topological polar surface area (TPSA) is 114 Å². The number of pyridine rings is 1. The van der Waals surface area contributed by atoms with E-state index in [1.807, 2.05) is 0 Å². The maximum absolute atomic E-state index is 11.1. The molecule has 0 saturated heterocycles. The second-order valence-electron chi connectivity index (χ2n) is 7.31. The molecule has 0 bridgehead atoms. The van der Waals surface area contributed by atoms with Crippen LogP contribution in [-0.4, -0.2) is 32.7 Å². The van der Waals surface area contributed by atoms with Crippen molar-refractivity contribution in [2.75, 3.05) is 11.9 Å². The zero-order valence-electron chi connectivity index (χ0n) is 16.1. The summed E-state index contributed by atoms with van der Waals surface area (Å²) in [5.74, 6) is 1.46. The van der Waals surface area contributed by atoms with Gasteiger partial charge in [-0.3, -0.25) is 4.79 Å². The van der Waals surface area contributed by atoms with E-state index in [-0.39, 0.29) is 12.3 Å². The van der Waals surface area contributed by atoms with E-state index in [0.29, 0.717) is 30.3 Å². The van der Waals surface area contributed by atoms with E-state index in [1.54, 1.807) is 12.1 Å². The molecule has 8 nitrogen and oxygen atoms in total. The third kappa shape index (κ3) is 5.01. The first kappa shape index (κ1) is 19.2. The molecule has 0 aromatic carbocycles. The van der Waals surface area contributed by atoms with E-state index in [0.717, 1.165) is 43.7 Å². The summed E-state index contributed by atoms with van der Waals surface area (Å²) in [4.78, 5) is 20.3. The van der Waals surface area contributed by atoms with Crippen LogP contribution in [0.1, 0.15) is 53.9 Å². The average molecular weight is 396 g/mol. The Balaban J connectivity index is 1.31. The van der Waals surface area contributed by atoms with E-state index < -0.39 is 5.97 Å². The van der Waals surface area contributed by atoms with Crippen LogP contribution in [0, 0.1) is 0 Å². The quantitative estimate of drug-likeness (QED) is 0.566. The van der Waals surface area contributed by atoms with E-state index in [1.165, 1.54) is 11.8 Å². The lowest BCUT2D eigenvalue weighted by molar-refractivity contribution is -0.137. The minimum absolute atomic E-state index is 0.0523. The zero-order valence-corrected chi connectivity index (χ0v) is 16.1. The first-order valence-electron chi connectivity index (χ1n) is 9.96. The second-order valence-corrected chi connectivity index (χ2v) is 7.31. The van der Waals surface area contributed by atoms with Crippen molar-refractivity contribution < 1.29 is 18.8 Å². The Morgan fingerprint density at radius 2 is 2.17 bits per heavy atom. The molecule has 8 heteroatoms. The largest absolute Gasteiger partial charge is 0.481 e. The highest BCUT2D eigenvalue weighted by molar-refractivity contribution is 5.67. The summed E-state index contributed by atoms with van der Waals surface area (Å²) in [6, 6.07) is 7.76. The van der Waals surface area contributed by atoms with Gasteiger partial charge < -0.3 is 19.4 Å². The molecule has 29 heavy (non-hydrogen) atoms. The molecule has 1 unspecified atom stereocenters. The van der Waals surface area contributed by atoms with Crippen LogP contribution in [0.4, 0.5) is 5.82 Å². The van der Waals surface area contributed by atoms with Gasteiger partial charge in [-0.2, -0.15) is 4.98 Å². The molecule has 0 amide bonds. The van der Waals surface area contributed by atoms with Gasteiger partial charge in [0, 0.05) is 31.0 Å². The molecule has 1 aliphatic heterocycles. The summed E-state index contributed by atoms with van der Waals surface area (Å²) in [7, 11) is 0. The van der Waals surface area contributed by atoms with Gasteiger partial charge in [-0.05, 0) is 49.4 Å². The minimum Gasteiger partial charge on any atom is -0.481 e. The Morgan fingerprint density at radius 1 is 1.24 bits per heavy atom. The molecular formula is C21H24N4O4. The van der Waals surface area contributed by atoms with Crippen LogP contribution >= 0.6 is 0 Å². The normalized spacial score (nSPS) is 14.2. The second kappa shape index (κ2) is 8.89. The number of fused-ring (bicyclic) bond motifs is 1. The van der Waals surface area contributed by atoms with Gasteiger partial charge >= 0.3 is 5.97 Å². The number of aryl methyl sites for hydroxylation is 3. The molecule has 0 spiro atoms. The number of carboxylic acid groups (broad SMARTS) is 1. The third-order valence-corrected chi connectivity index (χ3v) is 5.08. The van der Waals surface area contributed by atoms with Gasteiger partial charge in [-0.1, -0.05) is 11.2 Å². The maximum Gasteiger partial charge on any atom is 0.304 e. The van der Waals surface area contributed by atoms with Crippen molar-refractivity contribution in [1.82, 2.24) is 15.1 Å². The van der Waals surface area contributed by atoms with Crippen LogP contribution in [0.2, 0.25) is 0 Å². The Hall–Kier alpha value is -3.16. The van der Waals surface area contributed by atoms with Crippen LogP contribution in [0.15, 0.2) is 39.5 Å². The molecule has 3 aromatic heterocycles. The number of hydrogen-bond donors (Lipinski definition) is 2. The molecule has 0 saturated carbocycles. The first-order valence-corrected chi connectivity index (χ1v) is 9.96. The van der Waals surface area contributed by atoms with Crippen molar-refractivity contribution in [1.29, 1.82) is 0 Å². The summed E-state index contributed by atoms with van der Waals surface area (Å²) in [6.07, 6.45) is 6.44. The molecule has 4 rings (SSSR count). The van der Waals surface area contributed by atoms with Gasteiger partial charge in [0.05, 0.1) is 12.7 Å². The van der Waals surface area contributed by atoms with Gasteiger partial charge in [0.1, 0.15) is 11.6 Å². The molecule has 0 aliphatic carbocycles. The molecular weight excluding hydrogens is 372 g/mol. The number of furan rings is 1. The third-order valence-electron chi connectivity index (χ3n) is 5.08. The fraction of sp³-hybridized carbons (Fsp3) is 0.429. The van der Waals surface area contributed by atoms with Crippen LogP contribution < -0.4 is 5.32 Å². The highest BCUT2D eigenvalue weighted by Crippen LogP contribution is 2.25. The molecule has 4 heterocycles. The monoisotopic (exact) mass is 396 g/mol. The predicted molar refractivity (Wildman–Crippen MR) is 105 cm³/mol. The van der Waals surface area contributed by atoms with Gasteiger partial charge in [0.15, 0.2) is 5.82 Å². The van der Waals surface area contributed by atoms with Crippen molar-refractivity contribution in [2.24, 2.45) is 0 Å². The highest BCUT2D eigenvalue weighted by Gasteiger charge is 2.22. The van der Waals surface area contributed by atoms with Crippen LogP contribution in [0.3, 0.4) is 0 Å². The summed E-state index contributed by atoms with van der Waals surface area (Å²) in [6.45, 7) is 0.982. The number of carbonyl (C=O) groups is 1. The number of carboxylic acids is 1. The molecule has 2 N–H and O–H groups in total. The summed E-state index contributed by atoms with van der Waals surface area (Å²) in [5, 5.41) is 16.5. The number of aliphatic carboxylic acids is 1. The molecule has 3 aromatic rings. The van der Waals surface area contributed by atoms with Crippen molar-refractivity contribution in [3.63, 3.8) is 0 Å². The van der Waals surface area contributed by atoms with E-state index >= 15 is 0 Å². The summed E-state index contributed by atoms with van der Waals surface area (Å²) in [5.41, 5.74) is 2.34. The lowest BCUT2D eigenvalue weighted by Gasteiger charge is -2.17. The average Bonchev–Trinajstić information content (AvgIpc) is 3.39. The van der Waals surface area contributed by atoms with Crippen molar-refractivity contribution in [3.05, 3.63) is 59.3 Å². The van der Waals surface area contributed by atoms with Crippen LogP contribution in [0.5, 0.6) is 0 Å². The Kier molecular flexibility index (Phi) is 5.88. The number of rotatable bonds is 9. The van der Waals surface area contributed by atoms with Crippen LogP contribution in [0.25, 0.3) is 0 Å². The Bertz CT molecular complexity index is 952. The van der Waals surface area contributed by atoms with E-state index in [4.69, 9.17) is 19.0 Å². The predicted octanol–water partition coefficient (Wildman–Crippen LogP) is 3.39. The number of nitrogens with zero attached hydrogens (tertiary/aromatic N) is 3.